The van der Waals surface area contributed by atoms with Crippen LogP contribution in [0.2, 0.25) is 0 Å². The van der Waals surface area contributed by atoms with E-state index in [9.17, 15) is 0 Å². The van der Waals surface area contributed by atoms with Crippen LogP contribution in [0.15, 0.2) is 23.2 Å². The van der Waals surface area contributed by atoms with Crippen LogP contribution in [0.1, 0.15) is 25.8 Å². The molecule has 1 heterocycles. The Morgan fingerprint density at radius 3 is 2.50 bits per heavy atom. The zero-order valence-electron chi connectivity index (χ0n) is 18.3. The van der Waals surface area contributed by atoms with E-state index in [2.05, 4.69) is 58.5 Å². The number of ether oxygens (including phenoxy) is 2. The third-order valence-corrected chi connectivity index (χ3v) is 5.29. The van der Waals surface area contributed by atoms with Crippen LogP contribution < -0.4 is 20.1 Å². The molecule has 158 valence electrons. The molecule has 2 rings (SSSR count). The molecule has 0 bridgehead atoms. The van der Waals surface area contributed by atoms with Crippen LogP contribution in [0.5, 0.6) is 11.5 Å². The Bertz CT molecular complexity index is 613. The van der Waals surface area contributed by atoms with Crippen molar-refractivity contribution in [2.24, 2.45) is 4.99 Å². The van der Waals surface area contributed by atoms with Crippen molar-refractivity contribution in [3.05, 3.63) is 23.8 Å². The lowest BCUT2D eigenvalue weighted by atomic mass is 10.2. The van der Waals surface area contributed by atoms with Gasteiger partial charge in [0.2, 0.25) is 0 Å². The fourth-order valence-electron chi connectivity index (χ4n) is 3.31. The number of hydrogen-bond acceptors (Lipinski definition) is 5. The average molecular weight is 392 g/mol. The zero-order chi connectivity index (χ0) is 20.5. The molecule has 1 fully saturated rings. The third-order valence-electron chi connectivity index (χ3n) is 5.29. The van der Waals surface area contributed by atoms with Gasteiger partial charge >= 0.3 is 0 Å². The predicted molar refractivity (Wildman–Crippen MR) is 115 cm³/mol. The van der Waals surface area contributed by atoms with Gasteiger partial charge in [0.05, 0.1) is 14.2 Å². The second kappa shape index (κ2) is 11.1. The molecule has 0 amide bonds. The van der Waals surface area contributed by atoms with Crippen LogP contribution in [0.25, 0.3) is 0 Å². The molecule has 1 aromatic carbocycles. The maximum atomic E-state index is 5.38. The summed E-state index contributed by atoms with van der Waals surface area (Å²) >= 11 is 0. The Labute approximate surface area is 170 Å². The molecule has 0 aliphatic carbocycles. The topological polar surface area (TPSA) is 61.4 Å². The number of nitrogens with zero attached hydrogens (tertiary/aromatic N) is 3. The van der Waals surface area contributed by atoms with E-state index < -0.39 is 0 Å². The number of aliphatic imine (C=N–C) groups is 1. The lowest BCUT2D eigenvalue weighted by molar-refractivity contribution is 0.278. The maximum absolute atomic E-state index is 5.38. The van der Waals surface area contributed by atoms with Gasteiger partial charge in [0.1, 0.15) is 11.5 Å². The first-order valence-electron chi connectivity index (χ1n) is 10.1. The van der Waals surface area contributed by atoms with Gasteiger partial charge in [0, 0.05) is 57.9 Å². The number of likely N-dealkylation sites (N-methyl/N-ethyl adjacent to an activating group) is 1. The normalized spacial score (nSPS) is 18.0. The fraction of sp³-hybridized carbons (Fsp3) is 0.667. The van der Waals surface area contributed by atoms with Gasteiger partial charge in [-0.2, -0.15) is 0 Å². The third kappa shape index (κ3) is 6.87. The quantitative estimate of drug-likeness (QED) is 0.494. The van der Waals surface area contributed by atoms with Gasteiger partial charge in [0.15, 0.2) is 5.96 Å². The summed E-state index contributed by atoms with van der Waals surface area (Å²) in [6.45, 7) is 9.23. The number of guanidine groups is 1. The maximum Gasteiger partial charge on any atom is 0.191 e. The van der Waals surface area contributed by atoms with Crippen LogP contribution in [-0.2, 0) is 6.54 Å². The van der Waals surface area contributed by atoms with E-state index in [1.54, 1.807) is 14.2 Å². The molecule has 0 radical (unpaired) electrons. The lowest BCUT2D eigenvalue weighted by Gasteiger charge is -2.23. The number of nitrogens with one attached hydrogen (secondary N) is 2. The van der Waals surface area contributed by atoms with E-state index in [0.717, 1.165) is 56.6 Å². The molecule has 7 nitrogen and oxygen atoms in total. The highest BCUT2D eigenvalue weighted by atomic mass is 16.5. The Morgan fingerprint density at radius 2 is 1.93 bits per heavy atom. The Kier molecular flexibility index (Phi) is 8.86. The Balaban J connectivity index is 1.81. The van der Waals surface area contributed by atoms with Crippen molar-refractivity contribution in [1.29, 1.82) is 0 Å². The number of rotatable bonds is 9. The minimum atomic E-state index is 0.404. The second-order valence-corrected chi connectivity index (χ2v) is 7.66. The van der Waals surface area contributed by atoms with Crippen molar-refractivity contribution in [2.45, 2.75) is 38.9 Å². The van der Waals surface area contributed by atoms with Gasteiger partial charge in [-0.05, 0) is 45.0 Å². The molecule has 28 heavy (non-hydrogen) atoms. The molecule has 1 atom stereocenters. The number of hydrogen-bond donors (Lipinski definition) is 2. The zero-order valence-corrected chi connectivity index (χ0v) is 18.3. The van der Waals surface area contributed by atoms with E-state index in [0.29, 0.717) is 12.1 Å². The molecule has 2 N–H and O–H groups in total. The smallest absolute Gasteiger partial charge is 0.191 e. The first-order chi connectivity index (χ1) is 13.4. The minimum absolute atomic E-state index is 0.404. The van der Waals surface area contributed by atoms with Crippen molar-refractivity contribution < 1.29 is 9.47 Å². The van der Waals surface area contributed by atoms with Crippen molar-refractivity contribution in [3.8, 4) is 11.5 Å². The fourth-order valence-corrected chi connectivity index (χ4v) is 3.31. The van der Waals surface area contributed by atoms with Crippen LogP contribution in [-0.4, -0.2) is 82.3 Å². The summed E-state index contributed by atoms with van der Waals surface area (Å²) in [5.74, 6) is 2.55. The van der Waals surface area contributed by atoms with Crippen LogP contribution in [0.3, 0.4) is 0 Å². The van der Waals surface area contributed by atoms with E-state index in [1.165, 1.54) is 5.56 Å². The van der Waals surface area contributed by atoms with Crippen LogP contribution in [0, 0.1) is 0 Å². The summed E-state index contributed by atoms with van der Waals surface area (Å²) in [5, 5.41) is 6.98. The first-order valence-corrected chi connectivity index (χ1v) is 10.1. The molecule has 1 aromatic rings. The highest BCUT2D eigenvalue weighted by molar-refractivity contribution is 5.80. The molecule has 1 aliphatic rings. The van der Waals surface area contributed by atoms with Crippen LogP contribution in [0.4, 0.5) is 0 Å². The van der Waals surface area contributed by atoms with Gasteiger partial charge in [-0.25, -0.2) is 0 Å². The average Bonchev–Trinajstić information content (AvgIpc) is 3.13. The van der Waals surface area contributed by atoms with Gasteiger partial charge in [-0.1, -0.05) is 0 Å². The van der Waals surface area contributed by atoms with Crippen LogP contribution >= 0.6 is 0 Å². The SMILES string of the molecule is CN=C(NCCN(C)C(C)C)NC1CCN(Cc2cc(OC)cc(OC)c2)C1. The highest BCUT2D eigenvalue weighted by Gasteiger charge is 2.23. The molecule has 7 heteroatoms. The molecular formula is C21H37N5O2. The van der Waals surface area contributed by atoms with Crippen molar-refractivity contribution in [1.82, 2.24) is 20.4 Å². The van der Waals surface area contributed by atoms with Crippen molar-refractivity contribution >= 4 is 5.96 Å². The van der Waals surface area contributed by atoms with Gasteiger partial charge in [-0.15, -0.1) is 0 Å². The van der Waals surface area contributed by atoms with Gasteiger partial charge < -0.3 is 25.0 Å². The number of benzene rings is 1. The van der Waals surface area contributed by atoms with E-state index in [1.807, 2.05) is 13.1 Å². The monoisotopic (exact) mass is 391 g/mol. The second-order valence-electron chi connectivity index (χ2n) is 7.66. The lowest BCUT2D eigenvalue weighted by Crippen LogP contribution is -2.46. The van der Waals surface area contributed by atoms with Crippen molar-refractivity contribution in [3.63, 3.8) is 0 Å². The molecule has 0 aromatic heterocycles. The summed E-state index contributed by atoms with van der Waals surface area (Å²) in [4.78, 5) is 9.14. The summed E-state index contributed by atoms with van der Waals surface area (Å²) in [5.41, 5.74) is 1.20. The standard InChI is InChI=1S/C21H37N5O2/c1-16(2)25(4)10-8-23-21(22-3)24-18-7-9-26(15-18)14-17-11-19(27-5)13-20(12-17)28-6/h11-13,16,18H,7-10,14-15H2,1-6H3,(H2,22,23,24). The van der Waals surface area contributed by atoms with Gasteiger partial charge in [0.25, 0.3) is 0 Å². The van der Waals surface area contributed by atoms with E-state index in [-0.39, 0.29) is 0 Å². The van der Waals surface area contributed by atoms with E-state index >= 15 is 0 Å². The number of methoxy groups -OCH3 is 2. The predicted octanol–water partition coefficient (Wildman–Crippen LogP) is 1.78. The number of likely N-dealkylation sites (tertiary alicyclic amines) is 1. The summed E-state index contributed by atoms with van der Waals surface area (Å²) < 4.78 is 10.8. The van der Waals surface area contributed by atoms with E-state index in [4.69, 9.17) is 9.47 Å². The Morgan fingerprint density at radius 1 is 1.25 bits per heavy atom. The molecule has 1 aliphatic heterocycles. The highest BCUT2D eigenvalue weighted by Crippen LogP contribution is 2.24. The molecule has 1 saturated heterocycles. The summed E-state index contributed by atoms with van der Waals surface area (Å²) in [7, 11) is 7.35. The molecule has 1 unspecified atom stereocenters. The summed E-state index contributed by atoms with van der Waals surface area (Å²) in [6.07, 6.45) is 1.10. The van der Waals surface area contributed by atoms with Crippen molar-refractivity contribution in [2.75, 3.05) is 54.5 Å². The van der Waals surface area contributed by atoms with Gasteiger partial charge in [-0.3, -0.25) is 9.89 Å². The molecular weight excluding hydrogens is 354 g/mol. The summed E-state index contributed by atoms with van der Waals surface area (Å²) in [6, 6.07) is 7.02. The largest absolute Gasteiger partial charge is 0.497 e. The molecule has 0 saturated carbocycles. The molecule has 0 spiro atoms. The first kappa shape index (κ1) is 22.3. The Hall–Kier alpha value is -1.99. The minimum Gasteiger partial charge on any atom is -0.497 e.